The first-order valence-corrected chi connectivity index (χ1v) is 4.44. The average Bonchev–Trinajstić information content (AvgIpc) is 2.03. The van der Waals surface area contributed by atoms with Gasteiger partial charge in [0.25, 0.3) is 0 Å². The minimum Gasteiger partial charge on any atom is -0.508 e. The van der Waals surface area contributed by atoms with Gasteiger partial charge in [-0.15, -0.1) is 0 Å². The minimum absolute atomic E-state index is 0.386. The molecule has 0 spiro atoms. The first-order valence-electron chi connectivity index (χ1n) is 4.44. The standard InChI is InChI=1S/C11H16O/c1-9(2)3-4-10-5-7-11(12)8-6-10/h4-5,7-9,12H,3,6H2,1-2H3. The molecular formula is C11H16O. The first-order chi connectivity index (χ1) is 5.68. The van der Waals surface area contributed by atoms with Gasteiger partial charge in [-0.2, -0.15) is 0 Å². The summed E-state index contributed by atoms with van der Waals surface area (Å²) in [7, 11) is 0. The fourth-order valence-corrected chi connectivity index (χ4v) is 1.09. The van der Waals surface area contributed by atoms with Gasteiger partial charge in [-0.05, 0) is 36.5 Å². The van der Waals surface area contributed by atoms with Gasteiger partial charge in [0.05, 0.1) is 0 Å². The van der Waals surface area contributed by atoms with Crippen molar-refractivity contribution in [3.05, 3.63) is 35.6 Å². The molecule has 1 N–H and O–H groups in total. The van der Waals surface area contributed by atoms with Crippen LogP contribution in [0.15, 0.2) is 35.6 Å². The van der Waals surface area contributed by atoms with Gasteiger partial charge in [0.15, 0.2) is 0 Å². The molecule has 0 radical (unpaired) electrons. The smallest absolute Gasteiger partial charge is 0.111 e. The zero-order valence-corrected chi connectivity index (χ0v) is 7.75. The summed E-state index contributed by atoms with van der Waals surface area (Å²) in [6.45, 7) is 4.41. The molecule has 0 heterocycles. The molecule has 12 heavy (non-hydrogen) atoms. The van der Waals surface area contributed by atoms with E-state index in [9.17, 15) is 0 Å². The summed E-state index contributed by atoms with van der Waals surface area (Å²) >= 11 is 0. The Labute approximate surface area is 74.1 Å². The van der Waals surface area contributed by atoms with Crippen LogP contribution < -0.4 is 0 Å². The van der Waals surface area contributed by atoms with Crippen LogP contribution >= 0.6 is 0 Å². The molecule has 0 atom stereocenters. The molecule has 1 rings (SSSR count). The van der Waals surface area contributed by atoms with Crippen molar-refractivity contribution >= 4 is 0 Å². The fourth-order valence-electron chi connectivity index (χ4n) is 1.09. The molecule has 0 saturated carbocycles. The third-order valence-corrected chi connectivity index (χ3v) is 1.87. The van der Waals surface area contributed by atoms with Crippen molar-refractivity contribution in [2.24, 2.45) is 5.92 Å². The van der Waals surface area contributed by atoms with Crippen molar-refractivity contribution in [1.29, 1.82) is 0 Å². The van der Waals surface area contributed by atoms with E-state index in [1.807, 2.05) is 12.2 Å². The molecule has 1 nitrogen and oxygen atoms in total. The average molecular weight is 164 g/mol. The molecule has 66 valence electrons. The Kier molecular flexibility index (Phi) is 3.15. The van der Waals surface area contributed by atoms with Crippen molar-refractivity contribution in [2.45, 2.75) is 26.7 Å². The van der Waals surface area contributed by atoms with Crippen LogP contribution in [0.3, 0.4) is 0 Å². The zero-order chi connectivity index (χ0) is 8.97. The molecule has 0 unspecified atom stereocenters. The van der Waals surface area contributed by atoms with Crippen LogP contribution in [0.4, 0.5) is 0 Å². The van der Waals surface area contributed by atoms with Crippen LogP contribution in [-0.4, -0.2) is 5.11 Å². The molecular weight excluding hydrogens is 148 g/mol. The number of aliphatic hydroxyl groups excluding tert-OH is 1. The molecule has 0 saturated heterocycles. The predicted molar refractivity (Wildman–Crippen MR) is 52.0 cm³/mol. The predicted octanol–water partition coefficient (Wildman–Crippen LogP) is 3.36. The topological polar surface area (TPSA) is 20.2 Å². The highest BCUT2D eigenvalue weighted by atomic mass is 16.3. The molecule has 0 aromatic rings. The van der Waals surface area contributed by atoms with Crippen molar-refractivity contribution < 1.29 is 5.11 Å². The lowest BCUT2D eigenvalue weighted by Gasteiger charge is -2.05. The zero-order valence-electron chi connectivity index (χ0n) is 7.75. The first kappa shape index (κ1) is 9.11. The Hall–Kier alpha value is -0.980. The SMILES string of the molecule is CC(C)CC=C1C=CC(O)=CC1. The molecule has 0 aliphatic heterocycles. The van der Waals surface area contributed by atoms with Crippen LogP contribution in [0.1, 0.15) is 26.7 Å². The van der Waals surface area contributed by atoms with Crippen LogP contribution in [0.2, 0.25) is 0 Å². The normalized spacial score (nSPS) is 20.2. The Morgan fingerprint density at radius 1 is 1.50 bits per heavy atom. The summed E-state index contributed by atoms with van der Waals surface area (Å²) in [6, 6.07) is 0. The van der Waals surface area contributed by atoms with E-state index in [1.165, 1.54) is 5.57 Å². The third-order valence-electron chi connectivity index (χ3n) is 1.87. The largest absolute Gasteiger partial charge is 0.508 e. The molecule has 0 fully saturated rings. The molecule has 1 aliphatic carbocycles. The van der Waals surface area contributed by atoms with Crippen LogP contribution in [0, 0.1) is 5.92 Å². The summed E-state index contributed by atoms with van der Waals surface area (Å²) in [6.07, 6.45) is 9.80. The van der Waals surface area contributed by atoms with Gasteiger partial charge in [0.2, 0.25) is 0 Å². The van der Waals surface area contributed by atoms with Gasteiger partial charge in [0.1, 0.15) is 5.76 Å². The monoisotopic (exact) mass is 164 g/mol. The Balaban J connectivity index is 2.47. The van der Waals surface area contributed by atoms with Gasteiger partial charge in [-0.25, -0.2) is 0 Å². The van der Waals surface area contributed by atoms with E-state index >= 15 is 0 Å². The van der Waals surface area contributed by atoms with E-state index in [-0.39, 0.29) is 0 Å². The van der Waals surface area contributed by atoms with Crippen LogP contribution in [0.25, 0.3) is 0 Å². The molecule has 0 aromatic carbocycles. The Bertz CT molecular complexity index is 231. The second-order valence-electron chi connectivity index (χ2n) is 3.58. The Morgan fingerprint density at radius 2 is 2.25 bits per heavy atom. The third kappa shape index (κ3) is 2.95. The molecule has 0 aromatic heterocycles. The molecule has 1 aliphatic rings. The lowest BCUT2D eigenvalue weighted by atomic mass is 10.0. The van der Waals surface area contributed by atoms with Crippen molar-refractivity contribution in [2.75, 3.05) is 0 Å². The maximum Gasteiger partial charge on any atom is 0.111 e. The van der Waals surface area contributed by atoms with E-state index in [1.54, 1.807) is 6.08 Å². The van der Waals surface area contributed by atoms with E-state index in [2.05, 4.69) is 19.9 Å². The second-order valence-corrected chi connectivity index (χ2v) is 3.58. The number of allylic oxidation sites excluding steroid dienone is 5. The van der Waals surface area contributed by atoms with E-state index < -0.39 is 0 Å². The fraction of sp³-hybridized carbons (Fsp3) is 0.455. The van der Waals surface area contributed by atoms with Gasteiger partial charge >= 0.3 is 0 Å². The van der Waals surface area contributed by atoms with Gasteiger partial charge in [0, 0.05) is 0 Å². The van der Waals surface area contributed by atoms with Gasteiger partial charge in [-0.1, -0.05) is 26.0 Å². The summed E-state index contributed by atoms with van der Waals surface area (Å²) in [5, 5.41) is 9.05. The maximum absolute atomic E-state index is 9.05. The van der Waals surface area contributed by atoms with E-state index in [0.29, 0.717) is 11.7 Å². The summed E-state index contributed by atoms with van der Waals surface area (Å²) < 4.78 is 0. The molecule has 0 bridgehead atoms. The van der Waals surface area contributed by atoms with E-state index in [0.717, 1.165) is 12.8 Å². The lowest BCUT2D eigenvalue weighted by Crippen LogP contribution is -1.89. The minimum atomic E-state index is 0.386. The van der Waals surface area contributed by atoms with Crippen molar-refractivity contribution in [3.8, 4) is 0 Å². The highest BCUT2D eigenvalue weighted by Crippen LogP contribution is 2.15. The summed E-state index contributed by atoms with van der Waals surface area (Å²) in [4.78, 5) is 0. The molecule has 0 amide bonds. The van der Waals surface area contributed by atoms with Crippen LogP contribution in [0.5, 0.6) is 0 Å². The molecule has 1 heteroatoms. The van der Waals surface area contributed by atoms with Crippen LogP contribution in [-0.2, 0) is 0 Å². The summed E-state index contributed by atoms with van der Waals surface area (Å²) in [5.41, 5.74) is 1.31. The number of aliphatic hydroxyl groups is 1. The maximum atomic E-state index is 9.05. The summed E-state index contributed by atoms with van der Waals surface area (Å²) in [5.74, 6) is 1.10. The highest BCUT2D eigenvalue weighted by molar-refractivity contribution is 5.32. The van der Waals surface area contributed by atoms with E-state index in [4.69, 9.17) is 5.11 Å². The van der Waals surface area contributed by atoms with Crippen molar-refractivity contribution in [3.63, 3.8) is 0 Å². The Morgan fingerprint density at radius 3 is 2.75 bits per heavy atom. The number of hydrogen-bond donors (Lipinski definition) is 1. The highest BCUT2D eigenvalue weighted by Gasteiger charge is 1.98. The number of hydrogen-bond acceptors (Lipinski definition) is 1. The lowest BCUT2D eigenvalue weighted by molar-refractivity contribution is 0.429. The second kappa shape index (κ2) is 4.15. The van der Waals surface area contributed by atoms with Crippen molar-refractivity contribution in [1.82, 2.24) is 0 Å². The van der Waals surface area contributed by atoms with Gasteiger partial charge < -0.3 is 5.11 Å². The van der Waals surface area contributed by atoms with Gasteiger partial charge in [-0.3, -0.25) is 0 Å². The quantitative estimate of drug-likeness (QED) is 0.663. The number of rotatable bonds is 2.